The maximum Gasteiger partial charge on any atom is 0.164 e. The summed E-state index contributed by atoms with van der Waals surface area (Å²) in [7, 11) is 3.60. The summed E-state index contributed by atoms with van der Waals surface area (Å²) >= 11 is 0. The Morgan fingerprint density at radius 1 is 1.40 bits per heavy atom. The highest BCUT2D eigenvalue weighted by atomic mass is 16.5. The number of ether oxygens (including phenoxy) is 1. The summed E-state index contributed by atoms with van der Waals surface area (Å²) in [4.78, 5) is 4.24. The van der Waals surface area contributed by atoms with Gasteiger partial charge < -0.3 is 10.1 Å². The summed E-state index contributed by atoms with van der Waals surface area (Å²) in [6, 6.07) is 6.87. The molecule has 5 nitrogen and oxygen atoms in total. The van der Waals surface area contributed by atoms with Crippen molar-refractivity contribution in [3.05, 3.63) is 41.5 Å². The van der Waals surface area contributed by atoms with Crippen molar-refractivity contribution in [3.63, 3.8) is 0 Å². The van der Waals surface area contributed by atoms with Crippen LogP contribution < -0.4 is 10.1 Å². The van der Waals surface area contributed by atoms with E-state index in [9.17, 15) is 0 Å². The summed E-state index contributed by atoms with van der Waals surface area (Å²) in [6.45, 7) is 0.727. The number of benzene rings is 1. The van der Waals surface area contributed by atoms with Crippen LogP contribution in [0.25, 0.3) is 0 Å². The fourth-order valence-corrected chi connectivity index (χ4v) is 2.74. The second-order valence-electron chi connectivity index (χ2n) is 5.29. The van der Waals surface area contributed by atoms with Gasteiger partial charge in [0.15, 0.2) is 5.82 Å². The molecule has 5 heteroatoms. The third-order valence-electron chi connectivity index (χ3n) is 3.84. The van der Waals surface area contributed by atoms with Crippen molar-refractivity contribution in [3.8, 4) is 5.75 Å². The van der Waals surface area contributed by atoms with Gasteiger partial charge in [-0.1, -0.05) is 6.07 Å². The van der Waals surface area contributed by atoms with Crippen molar-refractivity contribution in [2.45, 2.75) is 31.8 Å². The smallest absolute Gasteiger partial charge is 0.164 e. The van der Waals surface area contributed by atoms with Gasteiger partial charge in [0, 0.05) is 13.1 Å². The zero-order chi connectivity index (χ0) is 13.9. The van der Waals surface area contributed by atoms with Crippen LogP contribution in [0.15, 0.2) is 24.5 Å². The minimum atomic E-state index is 0.485. The molecule has 0 saturated carbocycles. The Hall–Kier alpha value is -1.88. The van der Waals surface area contributed by atoms with Gasteiger partial charge in [-0.15, -0.1) is 0 Å². The van der Waals surface area contributed by atoms with E-state index in [-0.39, 0.29) is 0 Å². The molecule has 20 heavy (non-hydrogen) atoms. The molecule has 1 unspecified atom stereocenters. The highest BCUT2D eigenvalue weighted by Crippen LogP contribution is 2.25. The SMILES string of the molecule is COc1ccc2c(c1)CC(NCc1ncn(C)n1)CC2. The average Bonchev–Trinajstić information content (AvgIpc) is 2.90. The van der Waals surface area contributed by atoms with Gasteiger partial charge in [0.2, 0.25) is 0 Å². The number of fused-ring (bicyclic) bond motifs is 1. The first-order valence-electron chi connectivity index (χ1n) is 6.98. The summed E-state index contributed by atoms with van der Waals surface area (Å²) < 4.78 is 7.04. The van der Waals surface area contributed by atoms with Crippen molar-refractivity contribution in [2.75, 3.05) is 7.11 Å². The molecule has 0 radical (unpaired) electrons. The van der Waals surface area contributed by atoms with E-state index in [0.29, 0.717) is 6.04 Å². The summed E-state index contributed by atoms with van der Waals surface area (Å²) in [5.74, 6) is 1.79. The molecule has 1 aromatic carbocycles. The molecular formula is C15H20N4O. The Labute approximate surface area is 119 Å². The van der Waals surface area contributed by atoms with E-state index >= 15 is 0 Å². The lowest BCUT2D eigenvalue weighted by Crippen LogP contribution is -2.34. The number of aromatic nitrogens is 3. The van der Waals surface area contributed by atoms with Crippen LogP contribution in [0.3, 0.4) is 0 Å². The molecule has 0 bridgehead atoms. The molecule has 0 spiro atoms. The van der Waals surface area contributed by atoms with E-state index in [2.05, 4.69) is 27.5 Å². The number of aryl methyl sites for hydroxylation is 2. The van der Waals surface area contributed by atoms with Crippen LogP contribution in [0, 0.1) is 0 Å². The lowest BCUT2D eigenvalue weighted by molar-refractivity contribution is 0.410. The maximum atomic E-state index is 5.30. The van der Waals surface area contributed by atoms with Crippen LogP contribution in [-0.4, -0.2) is 27.9 Å². The van der Waals surface area contributed by atoms with Crippen LogP contribution in [0.5, 0.6) is 5.75 Å². The molecule has 1 aromatic heterocycles. The molecule has 0 saturated heterocycles. The van der Waals surface area contributed by atoms with Gasteiger partial charge in [-0.05, 0) is 42.5 Å². The second-order valence-corrected chi connectivity index (χ2v) is 5.29. The van der Waals surface area contributed by atoms with Crippen molar-refractivity contribution < 1.29 is 4.74 Å². The average molecular weight is 272 g/mol. The third-order valence-corrected chi connectivity index (χ3v) is 3.84. The van der Waals surface area contributed by atoms with Gasteiger partial charge in [-0.3, -0.25) is 4.68 Å². The Bertz CT molecular complexity index is 593. The molecule has 106 valence electrons. The Morgan fingerprint density at radius 3 is 3.05 bits per heavy atom. The van der Waals surface area contributed by atoms with E-state index in [1.54, 1.807) is 18.1 Å². The highest BCUT2D eigenvalue weighted by Gasteiger charge is 2.19. The molecule has 1 aliphatic rings. The number of methoxy groups -OCH3 is 1. The second kappa shape index (κ2) is 5.63. The minimum Gasteiger partial charge on any atom is -0.497 e. The zero-order valence-corrected chi connectivity index (χ0v) is 12.0. The largest absolute Gasteiger partial charge is 0.497 e. The Morgan fingerprint density at radius 2 is 2.30 bits per heavy atom. The topological polar surface area (TPSA) is 52.0 Å². The van der Waals surface area contributed by atoms with Gasteiger partial charge in [-0.25, -0.2) is 4.98 Å². The molecule has 1 atom stereocenters. The monoisotopic (exact) mass is 272 g/mol. The van der Waals surface area contributed by atoms with Crippen LogP contribution in [0.2, 0.25) is 0 Å². The van der Waals surface area contributed by atoms with Crippen molar-refractivity contribution in [2.24, 2.45) is 7.05 Å². The molecule has 0 amide bonds. The molecule has 0 fully saturated rings. The molecule has 2 aromatic rings. The first-order valence-corrected chi connectivity index (χ1v) is 6.98. The number of nitrogens with one attached hydrogen (secondary N) is 1. The predicted molar refractivity (Wildman–Crippen MR) is 76.6 cm³/mol. The first-order chi connectivity index (χ1) is 9.74. The Kier molecular flexibility index (Phi) is 3.69. The molecule has 3 rings (SSSR count). The van der Waals surface area contributed by atoms with Gasteiger partial charge in [0.1, 0.15) is 12.1 Å². The van der Waals surface area contributed by atoms with Crippen molar-refractivity contribution in [1.29, 1.82) is 0 Å². The quantitative estimate of drug-likeness (QED) is 0.916. The van der Waals surface area contributed by atoms with Crippen molar-refractivity contribution >= 4 is 0 Å². The highest BCUT2D eigenvalue weighted by molar-refractivity contribution is 5.37. The van der Waals surface area contributed by atoms with E-state index < -0.39 is 0 Å². The fraction of sp³-hybridized carbons (Fsp3) is 0.467. The van der Waals surface area contributed by atoms with Crippen molar-refractivity contribution in [1.82, 2.24) is 20.1 Å². The lowest BCUT2D eigenvalue weighted by Gasteiger charge is -2.25. The first kappa shape index (κ1) is 13.1. The number of hydrogen-bond donors (Lipinski definition) is 1. The van der Waals surface area contributed by atoms with Gasteiger partial charge in [0.25, 0.3) is 0 Å². The summed E-state index contributed by atoms with van der Waals surface area (Å²) in [5, 5.41) is 7.84. The van der Waals surface area contributed by atoms with Gasteiger partial charge in [0.05, 0.1) is 13.7 Å². The van der Waals surface area contributed by atoms with E-state index in [1.165, 1.54) is 11.1 Å². The summed E-state index contributed by atoms with van der Waals surface area (Å²) in [5.41, 5.74) is 2.84. The number of rotatable bonds is 4. The fourth-order valence-electron chi connectivity index (χ4n) is 2.74. The van der Waals surface area contributed by atoms with Crippen LogP contribution >= 0.6 is 0 Å². The predicted octanol–water partition coefficient (Wildman–Crippen LogP) is 1.47. The Balaban J connectivity index is 1.62. The summed E-state index contributed by atoms with van der Waals surface area (Å²) in [6.07, 6.45) is 5.05. The molecule has 1 heterocycles. The van der Waals surface area contributed by atoms with Crippen LogP contribution in [0.1, 0.15) is 23.4 Å². The van der Waals surface area contributed by atoms with Crippen LogP contribution in [-0.2, 0) is 26.4 Å². The lowest BCUT2D eigenvalue weighted by atomic mass is 9.88. The van der Waals surface area contributed by atoms with E-state index in [4.69, 9.17) is 4.74 Å². The van der Waals surface area contributed by atoms with Gasteiger partial charge >= 0.3 is 0 Å². The minimum absolute atomic E-state index is 0.485. The normalized spacial score (nSPS) is 17.8. The zero-order valence-electron chi connectivity index (χ0n) is 12.0. The number of hydrogen-bond acceptors (Lipinski definition) is 4. The van der Waals surface area contributed by atoms with E-state index in [0.717, 1.165) is 37.4 Å². The standard InChI is InChI=1S/C15H20N4O/c1-19-10-17-15(18-19)9-16-13-5-3-11-4-6-14(20-2)8-12(11)7-13/h4,6,8,10,13,16H,3,5,7,9H2,1-2H3. The number of nitrogens with zero attached hydrogens (tertiary/aromatic N) is 3. The maximum absolute atomic E-state index is 5.30. The third kappa shape index (κ3) is 2.82. The van der Waals surface area contributed by atoms with E-state index in [1.807, 2.05) is 13.1 Å². The van der Waals surface area contributed by atoms with Crippen LogP contribution in [0.4, 0.5) is 0 Å². The molecular weight excluding hydrogens is 252 g/mol. The molecule has 1 N–H and O–H groups in total. The van der Waals surface area contributed by atoms with Gasteiger partial charge in [-0.2, -0.15) is 5.10 Å². The molecule has 0 aliphatic heterocycles. The molecule has 1 aliphatic carbocycles.